The summed E-state index contributed by atoms with van der Waals surface area (Å²) in [7, 11) is 0. The van der Waals surface area contributed by atoms with Crippen molar-refractivity contribution in [3.8, 4) is 5.75 Å². The number of thioether (sulfide) groups is 1. The number of nitrogens with two attached hydrogens (primary N) is 1. The van der Waals surface area contributed by atoms with Gasteiger partial charge in [-0.2, -0.15) is 0 Å². The minimum atomic E-state index is -0.540. The molecule has 3 aromatic rings. The van der Waals surface area contributed by atoms with Crippen molar-refractivity contribution >= 4 is 29.4 Å². The third-order valence-electron chi connectivity index (χ3n) is 5.86. The topological polar surface area (TPSA) is 109 Å². The number of rotatable bonds is 10. The molecule has 0 saturated carbocycles. The van der Waals surface area contributed by atoms with Crippen LogP contribution in [0, 0.1) is 5.41 Å². The molecule has 2 unspecified atom stereocenters. The van der Waals surface area contributed by atoms with Crippen LogP contribution in [0.1, 0.15) is 36.6 Å². The van der Waals surface area contributed by atoms with E-state index in [1.54, 1.807) is 11.8 Å². The number of carbonyl (C=O) groups excluding carboxylic acids is 1. The Morgan fingerprint density at radius 2 is 1.83 bits per heavy atom. The number of amides is 1. The summed E-state index contributed by atoms with van der Waals surface area (Å²) < 4.78 is 12.1. The Morgan fingerprint density at radius 1 is 1.08 bits per heavy atom. The monoisotopic (exact) mass is 504 g/mol. The van der Waals surface area contributed by atoms with E-state index in [-0.39, 0.29) is 17.7 Å². The standard InChI is InChI=1S/C28H32N4O3S/c1-18(2)31-16-20-11-6-7-12-22(20)32-28(33)34-17-24(19-9-4-3-5-10-19)35-23-13-8-14-25-21(23)15-26(36-25)27(29)30/h3-14,18,24,26,31H,15-17H2,1-2H3,(H3,29,30)(H,32,33). The molecule has 8 heteroatoms. The van der Waals surface area contributed by atoms with Crippen LogP contribution in [0.15, 0.2) is 77.7 Å². The minimum absolute atomic E-state index is 0.0369. The van der Waals surface area contributed by atoms with Crippen molar-refractivity contribution in [3.05, 3.63) is 89.5 Å². The van der Waals surface area contributed by atoms with Gasteiger partial charge < -0.3 is 20.5 Å². The predicted molar refractivity (Wildman–Crippen MR) is 145 cm³/mol. The molecule has 188 valence electrons. The molecule has 2 atom stereocenters. The highest BCUT2D eigenvalue weighted by Gasteiger charge is 2.28. The van der Waals surface area contributed by atoms with Crippen LogP contribution in [-0.4, -0.2) is 29.8 Å². The average Bonchev–Trinajstić information content (AvgIpc) is 3.32. The zero-order valence-corrected chi connectivity index (χ0v) is 21.3. The maximum atomic E-state index is 12.7. The first kappa shape index (κ1) is 25.6. The molecule has 1 amide bonds. The van der Waals surface area contributed by atoms with Gasteiger partial charge in [0.05, 0.1) is 5.25 Å². The molecule has 1 aliphatic heterocycles. The van der Waals surface area contributed by atoms with Crippen molar-refractivity contribution in [2.75, 3.05) is 11.9 Å². The number of nitrogens with one attached hydrogen (secondary N) is 3. The first-order valence-electron chi connectivity index (χ1n) is 12.0. The van der Waals surface area contributed by atoms with Gasteiger partial charge in [0.15, 0.2) is 6.10 Å². The lowest BCUT2D eigenvalue weighted by Gasteiger charge is -2.21. The molecule has 36 heavy (non-hydrogen) atoms. The number of hydrogen-bond donors (Lipinski definition) is 4. The SMILES string of the molecule is CC(C)NCc1ccccc1NC(=O)OCC(Oc1cccc2c1CC(C(=N)N)S2)c1ccccc1. The van der Waals surface area contributed by atoms with E-state index in [4.69, 9.17) is 20.6 Å². The molecular formula is C28H32N4O3S. The van der Waals surface area contributed by atoms with Crippen molar-refractivity contribution in [2.24, 2.45) is 5.73 Å². The molecule has 0 radical (unpaired) electrons. The van der Waals surface area contributed by atoms with Crippen molar-refractivity contribution in [1.82, 2.24) is 5.32 Å². The highest BCUT2D eigenvalue weighted by molar-refractivity contribution is 8.01. The van der Waals surface area contributed by atoms with Crippen LogP contribution >= 0.6 is 11.8 Å². The van der Waals surface area contributed by atoms with Crippen molar-refractivity contribution in [1.29, 1.82) is 5.41 Å². The molecule has 0 saturated heterocycles. The lowest BCUT2D eigenvalue weighted by atomic mass is 10.1. The summed E-state index contributed by atoms with van der Waals surface area (Å²) in [5, 5.41) is 14.0. The van der Waals surface area contributed by atoms with Crippen LogP contribution in [0.2, 0.25) is 0 Å². The molecule has 7 nitrogen and oxygen atoms in total. The number of hydrogen-bond acceptors (Lipinski definition) is 6. The quantitative estimate of drug-likeness (QED) is 0.214. The summed E-state index contributed by atoms with van der Waals surface area (Å²) in [5.41, 5.74) is 9.38. The fourth-order valence-electron chi connectivity index (χ4n) is 3.95. The van der Waals surface area contributed by atoms with Gasteiger partial charge in [-0.25, -0.2) is 4.79 Å². The number of carbonyl (C=O) groups is 1. The second-order valence-electron chi connectivity index (χ2n) is 8.93. The molecule has 0 bridgehead atoms. The number of ether oxygens (including phenoxy) is 2. The third kappa shape index (κ3) is 6.59. The minimum Gasteiger partial charge on any atom is -0.482 e. The molecule has 4 rings (SSSR count). The summed E-state index contributed by atoms with van der Waals surface area (Å²) in [6, 6.07) is 23.6. The molecule has 0 spiro atoms. The van der Waals surface area contributed by atoms with E-state index in [0.29, 0.717) is 30.4 Å². The normalized spacial score (nSPS) is 15.2. The predicted octanol–water partition coefficient (Wildman–Crippen LogP) is 5.51. The number of benzene rings is 3. The Balaban J connectivity index is 1.46. The van der Waals surface area contributed by atoms with E-state index in [1.807, 2.05) is 72.8 Å². The van der Waals surface area contributed by atoms with Crippen LogP contribution < -0.4 is 21.1 Å². The highest BCUT2D eigenvalue weighted by atomic mass is 32.2. The number of anilines is 1. The number of amidine groups is 1. The Kier molecular flexibility index (Phi) is 8.51. The van der Waals surface area contributed by atoms with Crippen molar-refractivity contribution < 1.29 is 14.3 Å². The number of fused-ring (bicyclic) bond motifs is 1. The van der Waals surface area contributed by atoms with Crippen LogP contribution in [-0.2, 0) is 17.7 Å². The Labute approximate surface area is 216 Å². The van der Waals surface area contributed by atoms with E-state index in [9.17, 15) is 4.79 Å². The molecule has 1 aliphatic rings. The second kappa shape index (κ2) is 12.0. The van der Waals surface area contributed by atoms with E-state index in [1.165, 1.54) is 0 Å². The molecule has 5 N–H and O–H groups in total. The Hall–Kier alpha value is -3.49. The lowest BCUT2D eigenvalue weighted by molar-refractivity contribution is 0.0893. The summed E-state index contributed by atoms with van der Waals surface area (Å²) in [6.07, 6.45) is -0.403. The summed E-state index contributed by atoms with van der Waals surface area (Å²) >= 11 is 1.58. The average molecular weight is 505 g/mol. The third-order valence-corrected chi connectivity index (χ3v) is 7.20. The maximum absolute atomic E-state index is 12.7. The molecule has 0 aromatic heterocycles. The van der Waals surface area contributed by atoms with Crippen molar-refractivity contribution in [2.45, 2.75) is 49.1 Å². The first-order chi connectivity index (χ1) is 17.4. The van der Waals surface area contributed by atoms with Gasteiger partial charge in [0.25, 0.3) is 0 Å². The van der Waals surface area contributed by atoms with Gasteiger partial charge >= 0.3 is 6.09 Å². The second-order valence-corrected chi connectivity index (χ2v) is 10.2. The van der Waals surface area contributed by atoms with E-state index in [0.717, 1.165) is 21.6 Å². The molecule has 0 fully saturated rings. The molecule has 0 aliphatic carbocycles. The van der Waals surface area contributed by atoms with Gasteiger partial charge in [-0.3, -0.25) is 10.7 Å². The fourth-order valence-corrected chi connectivity index (χ4v) is 5.12. The van der Waals surface area contributed by atoms with Gasteiger partial charge in [-0.05, 0) is 35.7 Å². The zero-order chi connectivity index (χ0) is 25.5. The largest absolute Gasteiger partial charge is 0.482 e. The van der Waals surface area contributed by atoms with E-state index >= 15 is 0 Å². The van der Waals surface area contributed by atoms with Crippen LogP contribution in [0.25, 0.3) is 0 Å². The molecule has 1 heterocycles. The van der Waals surface area contributed by atoms with Gasteiger partial charge in [0.2, 0.25) is 0 Å². The summed E-state index contributed by atoms with van der Waals surface area (Å²) in [6.45, 7) is 4.83. The van der Waals surface area contributed by atoms with Gasteiger partial charge in [0.1, 0.15) is 18.2 Å². The van der Waals surface area contributed by atoms with Gasteiger partial charge in [0, 0.05) is 28.7 Å². The first-order valence-corrected chi connectivity index (χ1v) is 12.9. The summed E-state index contributed by atoms with van der Waals surface area (Å²) in [4.78, 5) is 13.8. The smallest absolute Gasteiger partial charge is 0.411 e. The number of para-hydroxylation sites is 1. The van der Waals surface area contributed by atoms with Crippen LogP contribution in [0.4, 0.5) is 10.5 Å². The maximum Gasteiger partial charge on any atom is 0.411 e. The van der Waals surface area contributed by atoms with E-state index < -0.39 is 12.2 Å². The van der Waals surface area contributed by atoms with E-state index in [2.05, 4.69) is 24.5 Å². The van der Waals surface area contributed by atoms with Crippen molar-refractivity contribution in [3.63, 3.8) is 0 Å². The van der Waals surface area contributed by atoms with Gasteiger partial charge in [-0.1, -0.05) is 68.4 Å². The highest BCUT2D eigenvalue weighted by Crippen LogP contribution is 2.42. The molecular weight excluding hydrogens is 472 g/mol. The zero-order valence-electron chi connectivity index (χ0n) is 20.5. The molecule has 3 aromatic carbocycles. The van der Waals surface area contributed by atoms with Crippen LogP contribution in [0.3, 0.4) is 0 Å². The lowest BCUT2D eigenvalue weighted by Crippen LogP contribution is -2.25. The Morgan fingerprint density at radius 3 is 2.58 bits per heavy atom. The van der Waals surface area contributed by atoms with Crippen LogP contribution in [0.5, 0.6) is 5.75 Å². The summed E-state index contributed by atoms with van der Waals surface area (Å²) in [5.74, 6) is 0.873. The van der Waals surface area contributed by atoms with Gasteiger partial charge in [-0.15, -0.1) is 11.8 Å². The Bertz CT molecular complexity index is 1200. The fraction of sp³-hybridized carbons (Fsp3) is 0.286.